The van der Waals surface area contributed by atoms with Crippen LogP contribution in [0.5, 0.6) is 5.75 Å². The van der Waals surface area contributed by atoms with Gasteiger partial charge in [0.25, 0.3) is 0 Å². The predicted octanol–water partition coefficient (Wildman–Crippen LogP) is 2.94. The minimum absolute atomic E-state index is 0.00529. The molecule has 0 saturated heterocycles. The summed E-state index contributed by atoms with van der Waals surface area (Å²) in [5, 5.41) is 17.0. The molecule has 5 nitrogen and oxygen atoms in total. The van der Waals surface area contributed by atoms with Crippen LogP contribution in [0.1, 0.15) is 5.56 Å². The lowest BCUT2D eigenvalue weighted by Gasteiger charge is -2.05. The predicted molar refractivity (Wildman–Crippen MR) is 90.7 cm³/mol. The Labute approximate surface area is 133 Å². The molecule has 0 spiro atoms. The smallest absolute Gasteiger partial charge is 0.238 e. The van der Waals surface area contributed by atoms with Crippen molar-refractivity contribution in [1.82, 2.24) is 0 Å². The first-order valence-electron chi connectivity index (χ1n) is 6.83. The van der Waals surface area contributed by atoms with Crippen molar-refractivity contribution < 1.29 is 13.5 Å². The maximum absolute atomic E-state index is 11.4. The minimum atomic E-state index is -3.77. The number of phenols is 1. The first-order valence-corrected chi connectivity index (χ1v) is 8.37. The standard InChI is InChI=1S/C17H14N2O3S/c18-23(21,22)14-6-3-5-13(10-14)19-11-16-15-7-2-1-4-12(15)8-9-17(16)20/h1-11,20H,(H2,18,21,22). The number of fused-ring (bicyclic) bond motifs is 1. The van der Waals surface area contributed by atoms with Crippen LogP contribution in [0.2, 0.25) is 0 Å². The number of aromatic hydroxyl groups is 1. The molecule has 0 aliphatic carbocycles. The lowest BCUT2D eigenvalue weighted by molar-refractivity contribution is 0.475. The van der Waals surface area contributed by atoms with E-state index in [1.54, 1.807) is 18.2 Å². The Morgan fingerprint density at radius 1 is 1.00 bits per heavy atom. The zero-order valence-electron chi connectivity index (χ0n) is 12.0. The van der Waals surface area contributed by atoms with E-state index >= 15 is 0 Å². The second-order valence-corrected chi connectivity index (χ2v) is 6.58. The van der Waals surface area contributed by atoms with E-state index in [0.717, 1.165) is 10.8 Å². The first kappa shape index (κ1) is 15.2. The molecular formula is C17H14N2O3S. The molecule has 0 radical (unpaired) electrons. The maximum atomic E-state index is 11.4. The van der Waals surface area contributed by atoms with Crippen LogP contribution in [0, 0.1) is 0 Å². The van der Waals surface area contributed by atoms with Crippen molar-refractivity contribution >= 4 is 32.7 Å². The normalized spacial score (nSPS) is 12.0. The quantitative estimate of drug-likeness (QED) is 0.725. The van der Waals surface area contributed by atoms with Crippen molar-refractivity contribution in [2.75, 3.05) is 0 Å². The molecule has 0 aromatic heterocycles. The minimum Gasteiger partial charge on any atom is -0.507 e. The van der Waals surface area contributed by atoms with Crippen LogP contribution in [0.3, 0.4) is 0 Å². The van der Waals surface area contributed by atoms with Crippen LogP contribution in [0.4, 0.5) is 5.69 Å². The molecule has 0 saturated carbocycles. The van der Waals surface area contributed by atoms with Gasteiger partial charge in [-0.25, -0.2) is 13.6 Å². The molecule has 116 valence electrons. The van der Waals surface area contributed by atoms with E-state index in [1.807, 2.05) is 30.3 Å². The summed E-state index contributed by atoms with van der Waals surface area (Å²) < 4.78 is 22.7. The van der Waals surface area contributed by atoms with Gasteiger partial charge in [-0.05, 0) is 35.0 Å². The third kappa shape index (κ3) is 3.23. The van der Waals surface area contributed by atoms with E-state index in [-0.39, 0.29) is 10.6 Å². The molecule has 0 amide bonds. The molecule has 0 bridgehead atoms. The Bertz CT molecular complexity index is 1010. The number of primary sulfonamides is 1. The second kappa shape index (κ2) is 5.83. The summed E-state index contributed by atoms with van der Waals surface area (Å²) in [5.41, 5.74) is 1.01. The van der Waals surface area contributed by atoms with E-state index in [1.165, 1.54) is 18.3 Å². The summed E-state index contributed by atoms with van der Waals surface area (Å²) in [5.74, 6) is 0.107. The summed E-state index contributed by atoms with van der Waals surface area (Å²) in [6, 6.07) is 17.1. The van der Waals surface area contributed by atoms with Gasteiger partial charge in [-0.3, -0.25) is 4.99 Å². The van der Waals surface area contributed by atoms with Crippen molar-refractivity contribution in [3.05, 3.63) is 66.2 Å². The Morgan fingerprint density at radius 3 is 2.57 bits per heavy atom. The molecule has 3 rings (SSSR count). The zero-order chi connectivity index (χ0) is 16.4. The average molecular weight is 326 g/mol. The van der Waals surface area contributed by atoms with Gasteiger partial charge in [0.05, 0.1) is 10.6 Å². The summed E-state index contributed by atoms with van der Waals surface area (Å²) in [4.78, 5) is 4.25. The number of sulfonamides is 1. The van der Waals surface area contributed by atoms with Gasteiger partial charge < -0.3 is 5.11 Å². The fourth-order valence-electron chi connectivity index (χ4n) is 2.30. The lowest BCUT2D eigenvalue weighted by Crippen LogP contribution is -2.11. The maximum Gasteiger partial charge on any atom is 0.238 e. The molecule has 0 aliphatic heterocycles. The van der Waals surface area contributed by atoms with Gasteiger partial charge in [-0.1, -0.05) is 36.4 Å². The summed E-state index contributed by atoms with van der Waals surface area (Å²) in [7, 11) is -3.77. The summed E-state index contributed by atoms with van der Waals surface area (Å²) >= 11 is 0. The van der Waals surface area contributed by atoms with Gasteiger partial charge in [-0.2, -0.15) is 0 Å². The monoisotopic (exact) mass is 326 g/mol. The Hall–Kier alpha value is -2.70. The fraction of sp³-hybridized carbons (Fsp3) is 0. The number of aliphatic imine (C=N–C) groups is 1. The number of benzene rings is 3. The summed E-state index contributed by atoms with van der Waals surface area (Å²) in [6.45, 7) is 0. The van der Waals surface area contributed by atoms with Crippen LogP contribution < -0.4 is 5.14 Å². The molecule has 0 aliphatic rings. The van der Waals surface area contributed by atoms with Crippen LogP contribution in [0.15, 0.2) is 70.6 Å². The number of phenolic OH excluding ortho intramolecular Hbond substituents is 1. The number of nitrogens with zero attached hydrogens (tertiary/aromatic N) is 1. The molecule has 0 fully saturated rings. The highest BCUT2D eigenvalue weighted by molar-refractivity contribution is 7.89. The van der Waals surface area contributed by atoms with Crippen LogP contribution >= 0.6 is 0 Å². The number of rotatable bonds is 3. The van der Waals surface area contributed by atoms with Crippen LogP contribution in [0.25, 0.3) is 10.8 Å². The van der Waals surface area contributed by atoms with Crippen LogP contribution in [-0.2, 0) is 10.0 Å². The number of hydrogen-bond donors (Lipinski definition) is 2. The molecule has 0 unspecified atom stereocenters. The third-order valence-corrected chi connectivity index (χ3v) is 4.35. The van der Waals surface area contributed by atoms with E-state index in [9.17, 15) is 13.5 Å². The van der Waals surface area contributed by atoms with Gasteiger partial charge in [0.1, 0.15) is 5.75 Å². The van der Waals surface area contributed by atoms with Gasteiger partial charge >= 0.3 is 0 Å². The van der Waals surface area contributed by atoms with Crippen molar-refractivity contribution in [2.45, 2.75) is 4.90 Å². The van der Waals surface area contributed by atoms with E-state index < -0.39 is 10.0 Å². The molecular weight excluding hydrogens is 312 g/mol. The Balaban J connectivity index is 2.06. The number of nitrogens with two attached hydrogens (primary N) is 1. The zero-order valence-corrected chi connectivity index (χ0v) is 12.9. The van der Waals surface area contributed by atoms with Crippen molar-refractivity contribution in [3.8, 4) is 5.75 Å². The molecule has 0 atom stereocenters. The van der Waals surface area contributed by atoms with Crippen LogP contribution in [-0.4, -0.2) is 19.7 Å². The van der Waals surface area contributed by atoms with E-state index in [0.29, 0.717) is 11.3 Å². The molecule has 6 heteroatoms. The SMILES string of the molecule is NS(=O)(=O)c1cccc(N=Cc2c(O)ccc3ccccc23)c1. The van der Waals surface area contributed by atoms with E-state index in [4.69, 9.17) is 5.14 Å². The van der Waals surface area contributed by atoms with Crippen molar-refractivity contribution in [1.29, 1.82) is 0 Å². The van der Waals surface area contributed by atoms with Crippen molar-refractivity contribution in [2.24, 2.45) is 10.1 Å². The Kier molecular flexibility index (Phi) is 3.85. The third-order valence-electron chi connectivity index (χ3n) is 3.44. The molecule has 0 heterocycles. The fourth-order valence-corrected chi connectivity index (χ4v) is 2.85. The summed E-state index contributed by atoms with van der Waals surface area (Å²) in [6.07, 6.45) is 1.51. The van der Waals surface area contributed by atoms with Gasteiger partial charge in [-0.15, -0.1) is 0 Å². The highest BCUT2D eigenvalue weighted by Crippen LogP contribution is 2.26. The highest BCUT2D eigenvalue weighted by Gasteiger charge is 2.08. The molecule has 3 N–H and O–H groups in total. The van der Waals surface area contributed by atoms with Gasteiger partial charge in [0.2, 0.25) is 10.0 Å². The molecule has 3 aromatic carbocycles. The Morgan fingerprint density at radius 2 is 1.78 bits per heavy atom. The largest absolute Gasteiger partial charge is 0.507 e. The molecule has 3 aromatic rings. The topological polar surface area (TPSA) is 92.8 Å². The van der Waals surface area contributed by atoms with E-state index in [2.05, 4.69) is 4.99 Å². The average Bonchev–Trinajstić information content (AvgIpc) is 2.53. The first-order chi connectivity index (χ1) is 10.9. The highest BCUT2D eigenvalue weighted by atomic mass is 32.2. The van der Waals surface area contributed by atoms with Gasteiger partial charge in [0.15, 0.2) is 0 Å². The number of hydrogen-bond acceptors (Lipinski definition) is 4. The lowest BCUT2D eigenvalue weighted by atomic mass is 10.0. The van der Waals surface area contributed by atoms with Crippen molar-refractivity contribution in [3.63, 3.8) is 0 Å². The molecule has 23 heavy (non-hydrogen) atoms. The second-order valence-electron chi connectivity index (χ2n) is 5.02. The van der Waals surface area contributed by atoms with Gasteiger partial charge in [0, 0.05) is 11.8 Å².